The minimum absolute atomic E-state index is 0.475. The zero-order chi connectivity index (χ0) is 46.3. The highest BCUT2D eigenvalue weighted by atomic mass is 14.9. The molecule has 0 aliphatic heterocycles. The first kappa shape index (κ1) is 43.3. The average molecular weight is 875 g/mol. The lowest BCUT2D eigenvalue weighted by molar-refractivity contribution is 0.693. The van der Waals surface area contributed by atoms with Crippen molar-refractivity contribution >= 4 is 5.57 Å². The smallest absolute Gasteiger partial charge is 0.160 e. The molecule has 10 rings (SSSR count). The van der Waals surface area contributed by atoms with Crippen LogP contribution in [0.25, 0.3) is 84.5 Å². The summed E-state index contributed by atoms with van der Waals surface area (Å²) >= 11 is 0. The van der Waals surface area contributed by atoms with Crippen molar-refractivity contribution in [3.63, 3.8) is 0 Å². The van der Waals surface area contributed by atoms with Crippen LogP contribution in [-0.2, 0) is 5.41 Å². The molecular formula is C64H50N4. The Kier molecular flexibility index (Phi) is 12.4. The molecule has 0 saturated carbocycles. The first-order chi connectivity index (χ1) is 33.5. The predicted octanol–water partition coefficient (Wildman–Crippen LogP) is 16.3. The van der Waals surface area contributed by atoms with Crippen LogP contribution in [0.15, 0.2) is 249 Å². The van der Waals surface area contributed by atoms with Gasteiger partial charge in [0.25, 0.3) is 0 Å². The van der Waals surface area contributed by atoms with Crippen LogP contribution in [0, 0.1) is 0 Å². The van der Waals surface area contributed by atoms with Gasteiger partial charge in [0.15, 0.2) is 11.6 Å². The van der Waals surface area contributed by atoms with Crippen LogP contribution in [-0.4, -0.2) is 19.9 Å². The second-order valence-corrected chi connectivity index (χ2v) is 17.1. The summed E-state index contributed by atoms with van der Waals surface area (Å²) in [6.45, 7) is 6.43. The van der Waals surface area contributed by atoms with E-state index in [-0.39, 0.29) is 0 Å². The molecular weight excluding hydrogens is 825 g/mol. The molecule has 10 aromatic rings. The summed E-state index contributed by atoms with van der Waals surface area (Å²) in [5.41, 5.74) is 17.3. The lowest BCUT2D eigenvalue weighted by Gasteiger charge is -2.32. The fourth-order valence-corrected chi connectivity index (χ4v) is 8.97. The van der Waals surface area contributed by atoms with E-state index in [1.807, 2.05) is 49.4 Å². The highest BCUT2D eigenvalue weighted by molar-refractivity contribution is 5.78. The number of hydrogen-bond acceptors (Lipinski definition) is 4. The summed E-state index contributed by atoms with van der Waals surface area (Å²) in [6.07, 6.45) is 6.34. The Bertz CT molecular complexity index is 3350. The largest absolute Gasteiger partial charge is 0.228 e. The molecule has 4 nitrogen and oxygen atoms in total. The summed E-state index contributed by atoms with van der Waals surface area (Å²) in [7, 11) is 0. The van der Waals surface area contributed by atoms with Gasteiger partial charge in [-0.2, -0.15) is 0 Å². The maximum absolute atomic E-state index is 5.16. The highest BCUT2D eigenvalue weighted by Gasteiger charge is 2.31. The van der Waals surface area contributed by atoms with E-state index in [0.29, 0.717) is 11.6 Å². The van der Waals surface area contributed by atoms with Gasteiger partial charge < -0.3 is 0 Å². The Morgan fingerprint density at radius 3 is 1.03 bits per heavy atom. The fraction of sp³-hybridized carbons (Fsp3) is 0.0625. The lowest BCUT2D eigenvalue weighted by Crippen LogP contribution is -2.25. The normalized spacial score (nSPS) is 12.5. The SMILES string of the molecule is C/C=C\C(=C/C)c1ccc(-c2cc(-c3ccc(C(C)(c4ccccc4)c4ccc(-c5cc(-c6ccc(-c7ccccc7)cc6)nc(-c6ccccc6)n5)cc4)cc3)nc(-c3ccccc3)n2)cc1. The van der Waals surface area contributed by atoms with Crippen molar-refractivity contribution in [2.75, 3.05) is 0 Å². The van der Waals surface area contributed by atoms with E-state index in [9.17, 15) is 0 Å². The van der Waals surface area contributed by atoms with E-state index in [4.69, 9.17) is 19.9 Å². The molecule has 68 heavy (non-hydrogen) atoms. The van der Waals surface area contributed by atoms with Crippen molar-refractivity contribution in [1.29, 1.82) is 0 Å². The van der Waals surface area contributed by atoms with Gasteiger partial charge in [0.2, 0.25) is 0 Å². The summed E-state index contributed by atoms with van der Waals surface area (Å²) in [5.74, 6) is 1.38. The molecule has 0 radical (unpaired) electrons. The zero-order valence-corrected chi connectivity index (χ0v) is 38.5. The molecule has 0 aliphatic rings. The molecule has 0 saturated heterocycles. The van der Waals surface area contributed by atoms with Crippen LogP contribution in [0.5, 0.6) is 0 Å². The second-order valence-electron chi connectivity index (χ2n) is 17.1. The number of nitrogens with zero attached hydrogens (tertiary/aromatic N) is 4. The molecule has 326 valence electrons. The van der Waals surface area contributed by atoms with Gasteiger partial charge in [-0.05, 0) is 71.9 Å². The van der Waals surface area contributed by atoms with Crippen LogP contribution in [0.2, 0.25) is 0 Å². The molecule has 0 amide bonds. The molecule has 8 aromatic carbocycles. The molecule has 0 N–H and O–H groups in total. The Hall–Kier alpha value is -8.60. The second kappa shape index (κ2) is 19.5. The van der Waals surface area contributed by atoms with Crippen LogP contribution in [0.3, 0.4) is 0 Å². The number of allylic oxidation sites excluding steroid dienone is 4. The predicted molar refractivity (Wildman–Crippen MR) is 283 cm³/mol. The summed E-state index contributed by atoms with van der Waals surface area (Å²) < 4.78 is 0. The van der Waals surface area contributed by atoms with Gasteiger partial charge in [0, 0.05) is 38.8 Å². The quantitative estimate of drug-likeness (QED) is 0.0906. The molecule has 1 unspecified atom stereocenters. The van der Waals surface area contributed by atoms with Crippen LogP contribution < -0.4 is 0 Å². The van der Waals surface area contributed by atoms with Gasteiger partial charge in [-0.1, -0.05) is 237 Å². The van der Waals surface area contributed by atoms with Crippen LogP contribution >= 0.6 is 0 Å². The van der Waals surface area contributed by atoms with E-state index in [0.717, 1.165) is 56.2 Å². The lowest BCUT2D eigenvalue weighted by atomic mass is 9.71. The third-order valence-corrected chi connectivity index (χ3v) is 12.8. The Morgan fingerprint density at radius 2 is 0.647 bits per heavy atom. The van der Waals surface area contributed by atoms with E-state index in [1.165, 1.54) is 39.0 Å². The van der Waals surface area contributed by atoms with E-state index in [2.05, 4.69) is 220 Å². The molecule has 2 heterocycles. The standard InChI is InChI=1S/C64H50N4/c1-4-18-45(5-2)47-27-31-49(32-28-47)58-43-60(67-62(65-58)53-21-12-7-13-22-53)51-35-39-56(40-36-51)64(3,55-25-16-9-17-26-55)57-41-37-52(38-42-57)61-44-59(66-63(68-61)54-23-14-8-15-24-54)50-33-29-48(30-34-50)46-19-10-6-11-20-46/h4-44H,1-3H3/b18-4-,45-5+. The number of aromatic nitrogens is 4. The third-order valence-electron chi connectivity index (χ3n) is 12.8. The number of hydrogen-bond donors (Lipinski definition) is 0. The van der Waals surface area contributed by atoms with E-state index < -0.39 is 5.41 Å². The average Bonchev–Trinajstić information content (AvgIpc) is 3.43. The van der Waals surface area contributed by atoms with Gasteiger partial charge in [-0.15, -0.1) is 0 Å². The Morgan fingerprint density at radius 1 is 0.338 bits per heavy atom. The number of rotatable bonds is 12. The zero-order valence-electron chi connectivity index (χ0n) is 38.5. The van der Waals surface area contributed by atoms with Crippen molar-refractivity contribution in [2.24, 2.45) is 0 Å². The molecule has 0 spiro atoms. The molecule has 2 aromatic heterocycles. The minimum atomic E-state index is -0.475. The van der Waals surface area contributed by atoms with Gasteiger partial charge in [-0.25, -0.2) is 19.9 Å². The van der Waals surface area contributed by atoms with Crippen LogP contribution in [0.4, 0.5) is 0 Å². The maximum atomic E-state index is 5.16. The molecule has 1 atom stereocenters. The number of benzene rings is 8. The highest BCUT2D eigenvalue weighted by Crippen LogP contribution is 2.41. The van der Waals surface area contributed by atoms with Gasteiger partial charge in [-0.3, -0.25) is 0 Å². The van der Waals surface area contributed by atoms with Crippen molar-refractivity contribution in [3.8, 4) is 78.9 Å². The monoisotopic (exact) mass is 874 g/mol. The van der Waals surface area contributed by atoms with Crippen molar-refractivity contribution in [1.82, 2.24) is 19.9 Å². The topological polar surface area (TPSA) is 51.6 Å². The first-order valence-electron chi connectivity index (χ1n) is 23.2. The van der Waals surface area contributed by atoms with Gasteiger partial charge in [0.05, 0.1) is 22.8 Å². The van der Waals surface area contributed by atoms with Gasteiger partial charge in [0.1, 0.15) is 0 Å². The maximum Gasteiger partial charge on any atom is 0.160 e. The first-order valence-corrected chi connectivity index (χ1v) is 23.2. The van der Waals surface area contributed by atoms with E-state index in [1.54, 1.807) is 0 Å². The molecule has 0 bridgehead atoms. The summed E-state index contributed by atoms with van der Waals surface area (Å²) in [5, 5.41) is 0. The molecule has 0 fully saturated rings. The fourth-order valence-electron chi connectivity index (χ4n) is 8.97. The van der Waals surface area contributed by atoms with Crippen molar-refractivity contribution in [3.05, 3.63) is 271 Å². The molecule has 4 heteroatoms. The third kappa shape index (κ3) is 9.00. The van der Waals surface area contributed by atoms with Crippen LogP contribution in [0.1, 0.15) is 43.0 Å². The van der Waals surface area contributed by atoms with Crippen molar-refractivity contribution < 1.29 is 0 Å². The minimum Gasteiger partial charge on any atom is -0.228 e. The summed E-state index contributed by atoms with van der Waals surface area (Å²) in [4.78, 5) is 20.5. The Balaban J connectivity index is 1.01. The molecule has 0 aliphatic carbocycles. The summed E-state index contributed by atoms with van der Waals surface area (Å²) in [6, 6.07) is 80.9. The van der Waals surface area contributed by atoms with Crippen molar-refractivity contribution in [2.45, 2.75) is 26.2 Å². The van der Waals surface area contributed by atoms with Gasteiger partial charge >= 0.3 is 0 Å². The van der Waals surface area contributed by atoms with E-state index >= 15 is 0 Å². The Labute approximate surface area is 399 Å².